The highest BCUT2D eigenvalue weighted by molar-refractivity contribution is 7.88. The van der Waals surface area contributed by atoms with Gasteiger partial charge in [-0.2, -0.15) is 22.5 Å². The van der Waals surface area contributed by atoms with Crippen molar-refractivity contribution < 1.29 is 26.1 Å². The Labute approximate surface area is 154 Å². The molecule has 0 radical (unpaired) electrons. The largest absolute Gasteiger partial charge is 0.416 e. The van der Waals surface area contributed by atoms with Crippen LogP contribution in [0.2, 0.25) is 0 Å². The number of hydrogen-bond acceptors (Lipinski definition) is 6. The van der Waals surface area contributed by atoms with Crippen LogP contribution in [0.3, 0.4) is 0 Å². The average Bonchev–Trinajstić information content (AvgIpc) is 3.10. The second-order valence-electron chi connectivity index (χ2n) is 6.41. The van der Waals surface area contributed by atoms with E-state index in [2.05, 4.69) is 10.1 Å². The zero-order valence-corrected chi connectivity index (χ0v) is 15.6. The molecule has 0 aliphatic carbocycles. The smallest absolute Gasteiger partial charge is 0.337 e. The summed E-state index contributed by atoms with van der Waals surface area (Å²) in [4.78, 5) is 6.22. The lowest BCUT2D eigenvalue weighted by Gasteiger charge is -2.35. The van der Waals surface area contributed by atoms with Crippen LogP contribution in [0.4, 0.5) is 13.2 Å². The first-order chi connectivity index (χ1) is 12.6. The third-order valence-corrected chi connectivity index (χ3v) is 5.84. The molecule has 3 rings (SSSR count). The van der Waals surface area contributed by atoms with Gasteiger partial charge in [-0.15, -0.1) is 0 Å². The molecule has 2 heterocycles. The van der Waals surface area contributed by atoms with Crippen molar-refractivity contribution in [3.63, 3.8) is 0 Å². The van der Waals surface area contributed by atoms with Gasteiger partial charge in [-0.25, -0.2) is 8.42 Å². The number of sulfonamides is 1. The summed E-state index contributed by atoms with van der Waals surface area (Å²) >= 11 is 0. The Bertz CT molecular complexity index is 906. The minimum absolute atomic E-state index is 0.0812. The highest BCUT2D eigenvalue weighted by Gasteiger charge is 2.31. The number of halogens is 3. The Morgan fingerprint density at radius 1 is 1.19 bits per heavy atom. The number of rotatable bonds is 4. The molecule has 1 fully saturated rings. The van der Waals surface area contributed by atoms with E-state index >= 15 is 0 Å². The number of benzene rings is 1. The predicted octanol–water partition coefficient (Wildman–Crippen LogP) is 2.39. The van der Waals surface area contributed by atoms with Gasteiger partial charge in [-0.1, -0.05) is 17.3 Å². The molecule has 0 spiro atoms. The van der Waals surface area contributed by atoms with Crippen LogP contribution in [0.25, 0.3) is 11.4 Å². The molecule has 1 aromatic carbocycles. The van der Waals surface area contributed by atoms with Gasteiger partial charge in [0.15, 0.2) is 0 Å². The van der Waals surface area contributed by atoms with Gasteiger partial charge >= 0.3 is 6.18 Å². The fraction of sp³-hybridized carbons (Fsp3) is 0.500. The summed E-state index contributed by atoms with van der Waals surface area (Å²) in [6, 6.07) is 4.46. The molecule has 1 aliphatic rings. The van der Waals surface area contributed by atoms with Crippen LogP contribution in [-0.2, 0) is 16.2 Å². The van der Waals surface area contributed by atoms with Gasteiger partial charge in [0.2, 0.25) is 21.7 Å². The molecular formula is C16H19F3N4O3S. The summed E-state index contributed by atoms with van der Waals surface area (Å²) in [5.74, 6) is 0.355. The van der Waals surface area contributed by atoms with Crippen molar-refractivity contribution >= 4 is 10.0 Å². The second-order valence-corrected chi connectivity index (χ2v) is 8.39. The van der Waals surface area contributed by atoms with Crippen LogP contribution in [0.1, 0.15) is 24.4 Å². The summed E-state index contributed by atoms with van der Waals surface area (Å²) < 4.78 is 68.4. The van der Waals surface area contributed by atoms with Crippen molar-refractivity contribution in [2.75, 3.05) is 32.4 Å². The molecule has 7 nitrogen and oxygen atoms in total. The molecule has 0 amide bonds. The SMILES string of the molecule is CC(c1nc(-c2cccc(C(F)(F)F)c2)no1)N1CCN(S(C)(=O)=O)CC1. The Hall–Kier alpha value is -1.98. The lowest BCUT2D eigenvalue weighted by atomic mass is 10.1. The monoisotopic (exact) mass is 404 g/mol. The van der Waals surface area contributed by atoms with E-state index in [-0.39, 0.29) is 23.3 Å². The Morgan fingerprint density at radius 2 is 1.85 bits per heavy atom. The van der Waals surface area contributed by atoms with E-state index in [4.69, 9.17) is 4.52 Å². The van der Waals surface area contributed by atoms with Crippen molar-refractivity contribution in [2.24, 2.45) is 0 Å². The number of piperazine rings is 1. The third-order valence-electron chi connectivity index (χ3n) is 4.54. The van der Waals surface area contributed by atoms with E-state index < -0.39 is 21.8 Å². The van der Waals surface area contributed by atoms with Gasteiger partial charge in [-0.3, -0.25) is 4.90 Å². The molecule has 0 saturated carbocycles. The Balaban J connectivity index is 1.73. The second kappa shape index (κ2) is 7.21. The van der Waals surface area contributed by atoms with Crippen LogP contribution in [0.15, 0.2) is 28.8 Å². The van der Waals surface area contributed by atoms with Gasteiger partial charge in [0.25, 0.3) is 0 Å². The third kappa shape index (κ3) is 4.47. The van der Waals surface area contributed by atoms with E-state index in [9.17, 15) is 21.6 Å². The van der Waals surface area contributed by atoms with Gasteiger partial charge in [0, 0.05) is 31.7 Å². The van der Waals surface area contributed by atoms with Gasteiger partial charge in [0.1, 0.15) is 0 Å². The molecule has 27 heavy (non-hydrogen) atoms. The summed E-state index contributed by atoms with van der Waals surface area (Å²) in [6.45, 7) is 3.54. The molecule has 1 atom stereocenters. The van der Waals surface area contributed by atoms with Crippen LogP contribution in [-0.4, -0.2) is 60.2 Å². The first kappa shape index (κ1) is 19.8. The number of hydrogen-bond donors (Lipinski definition) is 0. The Morgan fingerprint density at radius 3 is 2.44 bits per heavy atom. The van der Waals surface area contributed by atoms with Crippen molar-refractivity contribution in [3.8, 4) is 11.4 Å². The lowest BCUT2D eigenvalue weighted by Crippen LogP contribution is -2.48. The van der Waals surface area contributed by atoms with Crippen LogP contribution in [0, 0.1) is 0 Å². The van der Waals surface area contributed by atoms with Crippen molar-refractivity contribution in [2.45, 2.75) is 19.1 Å². The van der Waals surface area contributed by atoms with Crippen LogP contribution in [0.5, 0.6) is 0 Å². The van der Waals surface area contributed by atoms with E-state index in [1.54, 1.807) is 0 Å². The highest BCUT2D eigenvalue weighted by atomic mass is 32.2. The van der Waals surface area contributed by atoms with Crippen molar-refractivity contribution in [1.82, 2.24) is 19.3 Å². The van der Waals surface area contributed by atoms with Gasteiger partial charge < -0.3 is 4.52 Å². The van der Waals surface area contributed by atoms with E-state index in [0.29, 0.717) is 26.2 Å². The maximum atomic E-state index is 12.9. The maximum Gasteiger partial charge on any atom is 0.416 e. The molecule has 148 valence electrons. The summed E-state index contributed by atoms with van der Waals surface area (Å²) in [5.41, 5.74) is -0.565. The summed E-state index contributed by atoms with van der Waals surface area (Å²) in [6.07, 6.45) is -3.28. The molecular weight excluding hydrogens is 385 g/mol. The minimum atomic E-state index is -4.45. The fourth-order valence-electron chi connectivity index (χ4n) is 2.94. The van der Waals surface area contributed by atoms with Crippen LogP contribution >= 0.6 is 0 Å². The molecule has 0 N–H and O–H groups in total. The topological polar surface area (TPSA) is 79.5 Å². The molecule has 1 aromatic heterocycles. The van der Waals surface area contributed by atoms with Gasteiger partial charge in [0.05, 0.1) is 17.9 Å². The minimum Gasteiger partial charge on any atom is -0.337 e. The normalized spacial score (nSPS) is 18.6. The highest BCUT2D eigenvalue weighted by Crippen LogP contribution is 2.32. The molecule has 2 aromatic rings. The van der Waals surface area contributed by atoms with Crippen LogP contribution < -0.4 is 0 Å². The zero-order valence-electron chi connectivity index (χ0n) is 14.8. The zero-order chi connectivity index (χ0) is 19.8. The maximum absolute atomic E-state index is 12.9. The first-order valence-electron chi connectivity index (χ1n) is 8.26. The quantitative estimate of drug-likeness (QED) is 0.779. The Kier molecular flexibility index (Phi) is 5.28. The fourth-order valence-corrected chi connectivity index (χ4v) is 3.76. The standard InChI is InChI=1S/C16H19F3N4O3S/c1-11(22-6-8-23(9-7-22)27(2,24)25)15-20-14(21-26-15)12-4-3-5-13(10-12)16(17,18)19/h3-5,10-11H,6-9H2,1-2H3. The molecule has 0 bridgehead atoms. The summed E-state index contributed by atoms with van der Waals surface area (Å²) in [5, 5.41) is 3.79. The molecule has 11 heteroatoms. The van der Waals surface area contributed by atoms with Crippen molar-refractivity contribution in [1.29, 1.82) is 0 Å². The van der Waals surface area contributed by atoms with Crippen molar-refractivity contribution in [3.05, 3.63) is 35.7 Å². The lowest BCUT2D eigenvalue weighted by molar-refractivity contribution is -0.137. The number of alkyl halides is 3. The van der Waals surface area contributed by atoms with E-state index in [1.165, 1.54) is 22.7 Å². The molecule has 1 aliphatic heterocycles. The summed E-state index contributed by atoms with van der Waals surface area (Å²) in [7, 11) is -3.22. The van der Waals surface area contributed by atoms with Gasteiger partial charge in [-0.05, 0) is 19.1 Å². The predicted molar refractivity (Wildman–Crippen MR) is 91.1 cm³/mol. The first-order valence-corrected chi connectivity index (χ1v) is 10.1. The van der Waals surface area contributed by atoms with E-state index in [0.717, 1.165) is 12.1 Å². The molecule has 1 saturated heterocycles. The molecule has 1 unspecified atom stereocenters. The average molecular weight is 404 g/mol. The number of nitrogens with zero attached hydrogens (tertiary/aromatic N) is 4. The van der Waals surface area contributed by atoms with E-state index in [1.807, 2.05) is 11.8 Å². The number of aromatic nitrogens is 2.